The summed E-state index contributed by atoms with van der Waals surface area (Å²) < 4.78 is 0. The molecule has 0 radical (unpaired) electrons. The van der Waals surface area contributed by atoms with Crippen LogP contribution in [0.25, 0.3) is 0 Å². The zero-order valence-electron chi connectivity index (χ0n) is 10.5. The molecule has 3 rings (SSSR count). The summed E-state index contributed by atoms with van der Waals surface area (Å²) >= 11 is 0. The van der Waals surface area contributed by atoms with Crippen LogP contribution in [-0.2, 0) is 0 Å². The van der Waals surface area contributed by atoms with Crippen LogP contribution in [0.4, 0.5) is 0 Å². The second-order valence-corrected chi connectivity index (χ2v) is 6.10. The number of likely N-dealkylation sites (tertiary alicyclic amines) is 1. The molecule has 0 amide bonds. The van der Waals surface area contributed by atoms with Crippen LogP contribution in [0.5, 0.6) is 0 Å². The molecule has 1 heterocycles. The Bertz CT molecular complexity index is 211. The summed E-state index contributed by atoms with van der Waals surface area (Å²) in [6.45, 7) is 4.05. The summed E-state index contributed by atoms with van der Waals surface area (Å²) in [4.78, 5) is 2.78. The first-order valence-electron chi connectivity index (χ1n) is 7.39. The predicted octanol–water partition coefficient (Wildman–Crippen LogP) is 2.39. The first-order valence-corrected chi connectivity index (χ1v) is 7.39. The lowest BCUT2D eigenvalue weighted by Gasteiger charge is -2.36. The fraction of sp³-hybridized carbons (Fsp3) is 1.00. The van der Waals surface area contributed by atoms with Crippen molar-refractivity contribution in [1.82, 2.24) is 10.2 Å². The molecular weight excluding hydrogens is 196 g/mol. The molecule has 1 saturated heterocycles. The van der Waals surface area contributed by atoms with Crippen molar-refractivity contribution in [2.24, 2.45) is 5.92 Å². The van der Waals surface area contributed by atoms with E-state index in [0.717, 1.165) is 18.0 Å². The van der Waals surface area contributed by atoms with Gasteiger partial charge in [0.1, 0.15) is 0 Å². The third kappa shape index (κ3) is 2.78. The second kappa shape index (κ2) is 5.05. The van der Waals surface area contributed by atoms with Crippen molar-refractivity contribution in [1.29, 1.82) is 0 Å². The van der Waals surface area contributed by atoms with Crippen LogP contribution >= 0.6 is 0 Å². The van der Waals surface area contributed by atoms with Crippen LogP contribution in [0, 0.1) is 5.92 Å². The molecule has 1 aliphatic heterocycles. The normalized spacial score (nSPS) is 30.0. The molecule has 2 heteroatoms. The lowest BCUT2D eigenvalue weighted by molar-refractivity contribution is 0.133. The van der Waals surface area contributed by atoms with Gasteiger partial charge in [0.25, 0.3) is 0 Å². The molecule has 92 valence electrons. The van der Waals surface area contributed by atoms with Crippen LogP contribution in [0.1, 0.15) is 51.4 Å². The Morgan fingerprint density at radius 2 is 1.56 bits per heavy atom. The van der Waals surface area contributed by atoms with Crippen molar-refractivity contribution in [2.45, 2.75) is 63.5 Å². The molecule has 2 nitrogen and oxygen atoms in total. The highest BCUT2D eigenvalue weighted by Crippen LogP contribution is 2.28. The monoisotopic (exact) mass is 222 g/mol. The van der Waals surface area contributed by atoms with Crippen LogP contribution in [0.2, 0.25) is 0 Å². The maximum atomic E-state index is 3.69. The zero-order chi connectivity index (χ0) is 10.8. The quantitative estimate of drug-likeness (QED) is 0.786. The summed E-state index contributed by atoms with van der Waals surface area (Å²) in [6.07, 6.45) is 11.7. The first-order chi connectivity index (χ1) is 7.92. The first kappa shape index (κ1) is 11.0. The van der Waals surface area contributed by atoms with E-state index in [1.54, 1.807) is 0 Å². The van der Waals surface area contributed by atoms with Gasteiger partial charge in [-0.25, -0.2) is 0 Å². The smallest absolute Gasteiger partial charge is 0.00952 e. The number of hydrogen-bond acceptors (Lipinski definition) is 2. The van der Waals surface area contributed by atoms with Crippen molar-refractivity contribution in [3.05, 3.63) is 0 Å². The summed E-state index contributed by atoms with van der Waals surface area (Å²) in [5.74, 6) is 0.971. The van der Waals surface area contributed by atoms with Gasteiger partial charge < -0.3 is 10.2 Å². The highest BCUT2D eigenvalue weighted by molar-refractivity contribution is 4.85. The fourth-order valence-corrected chi connectivity index (χ4v) is 3.41. The van der Waals surface area contributed by atoms with Crippen molar-refractivity contribution in [3.8, 4) is 0 Å². The minimum Gasteiger partial charge on any atom is -0.314 e. The fourth-order valence-electron chi connectivity index (χ4n) is 3.41. The average Bonchev–Trinajstić information content (AvgIpc) is 3.00. The minimum absolute atomic E-state index is 0.896. The molecule has 0 unspecified atom stereocenters. The SMILES string of the molecule is C1CCC(N2CCC(CNC3CC3)CC2)C1. The van der Waals surface area contributed by atoms with E-state index in [0.29, 0.717) is 0 Å². The Kier molecular flexibility index (Phi) is 3.49. The highest BCUT2D eigenvalue weighted by Gasteiger charge is 2.28. The van der Waals surface area contributed by atoms with Gasteiger partial charge >= 0.3 is 0 Å². The van der Waals surface area contributed by atoms with Crippen LogP contribution < -0.4 is 5.32 Å². The van der Waals surface area contributed by atoms with Gasteiger partial charge in [0.05, 0.1) is 0 Å². The third-order valence-corrected chi connectivity index (χ3v) is 4.76. The van der Waals surface area contributed by atoms with Gasteiger partial charge in [-0.2, -0.15) is 0 Å². The van der Waals surface area contributed by atoms with Gasteiger partial charge in [-0.05, 0) is 64.1 Å². The Morgan fingerprint density at radius 1 is 0.875 bits per heavy atom. The molecule has 1 N–H and O–H groups in total. The number of nitrogens with zero attached hydrogens (tertiary/aromatic N) is 1. The molecule has 0 bridgehead atoms. The van der Waals surface area contributed by atoms with E-state index in [-0.39, 0.29) is 0 Å². The van der Waals surface area contributed by atoms with Gasteiger partial charge in [0, 0.05) is 12.1 Å². The largest absolute Gasteiger partial charge is 0.314 e. The molecule has 2 aliphatic carbocycles. The van der Waals surface area contributed by atoms with E-state index in [2.05, 4.69) is 10.2 Å². The van der Waals surface area contributed by atoms with Gasteiger partial charge in [0.2, 0.25) is 0 Å². The van der Waals surface area contributed by atoms with E-state index in [1.165, 1.54) is 71.0 Å². The standard InChI is InChI=1S/C14H26N2/c1-2-4-14(3-1)16-9-7-12(8-10-16)11-15-13-5-6-13/h12-15H,1-11H2. The zero-order valence-corrected chi connectivity index (χ0v) is 10.5. The Morgan fingerprint density at radius 3 is 2.19 bits per heavy atom. The molecule has 3 aliphatic rings. The number of hydrogen-bond donors (Lipinski definition) is 1. The predicted molar refractivity (Wildman–Crippen MR) is 67.6 cm³/mol. The summed E-state index contributed by atoms with van der Waals surface area (Å²) in [6, 6.07) is 1.85. The van der Waals surface area contributed by atoms with E-state index in [1.807, 2.05) is 0 Å². The minimum atomic E-state index is 0.896. The van der Waals surface area contributed by atoms with E-state index in [4.69, 9.17) is 0 Å². The maximum absolute atomic E-state index is 3.69. The lowest BCUT2D eigenvalue weighted by atomic mass is 9.95. The number of nitrogens with one attached hydrogen (secondary N) is 1. The van der Waals surface area contributed by atoms with E-state index >= 15 is 0 Å². The molecule has 0 aromatic rings. The Labute approximate surface area is 99.8 Å². The molecular formula is C14H26N2. The average molecular weight is 222 g/mol. The van der Waals surface area contributed by atoms with Gasteiger partial charge in [-0.3, -0.25) is 0 Å². The molecule has 0 spiro atoms. The van der Waals surface area contributed by atoms with Gasteiger partial charge in [0.15, 0.2) is 0 Å². The Balaban J connectivity index is 1.37. The van der Waals surface area contributed by atoms with Crippen LogP contribution in [-0.4, -0.2) is 36.6 Å². The van der Waals surface area contributed by atoms with E-state index in [9.17, 15) is 0 Å². The summed E-state index contributed by atoms with van der Waals surface area (Å²) in [7, 11) is 0. The Hall–Kier alpha value is -0.0800. The number of piperidine rings is 1. The van der Waals surface area contributed by atoms with Gasteiger partial charge in [-0.15, -0.1) is 0 Å². The number of rotatable bonds is 4. The molecule has 0 atom stereocenters. The van der Waals surface area contributed by atoms with E-state index < -0.39 is 0 Å². The molecule has 2 saturated carbocycles. The van der Waals surface area contributed by atoms with Crippen molar-refractivity contribution >= 4 is 0 Å². The van der Waals surface area contributed by atoms with Gasteiger partial charge in [-0.1, -0.05) is 12.8 Å². The van der Waals surface area contributed by atoms with Crippen LogP contribution in [0.15, 0.2) is 0 Å². The maximum Gasteiger partial charge on any atom is 0.00952 e. The van der Waals surface area contributed by atoms with Crippen molar-refractivity contribution < 1.29 is 0 Å². The highest BCUT2D eigenvalue weighted by atomic mass is 15.2. The van der Waals surface area contributed by atoms with Crippen LogP contribution in [0.3, 0.4) is 0 Å². The van der Waals surface area contributed by atoms with Crippen molar-refractivity contribution in [3.63, 3.8) is 0 Å². The van der Waals surface area contributed by atoms with Crippen molar-refractivity contribution in [2.75, 3.05) is 19.6 Å². The molecule has 3 fully saturated rings. The molecule has 0 aromatic heterocycles. The topological polar surface area (TPSA) is 15.3 Å². The second-order valence-electron chi connectivity index (χ2n) is 6.10. The summed E-state index contributed by atoms with van der Waals surface area (Å²) in [5.41, 5.74) is 0. The molecule has 0 aromatic carbocycles. The summed E-state index contributed by atoms with van der Waals surface area (Å²) in [5, 5.41) is 3.69. The third-order valence-electron chi connectivity index (χ3n) is 4.76. The lowest BCUT2D eigenvalue weighted by Crippen LogP contribution is -2.42. The molecule has 16 heavy (non-hydrogen) atoms.